The number of anilines is 1. The van der Waals surface area contributed by atoms with E-state index in [-0.39, 0.29) is 16.7 Å². The number of benzene rings is 2. The molecule has 0 aromatic heterocycles. The maximum absolute atomic E-state index is 12.9. The fourth-order valence-corrected chi connectivity index (χ4v) is 4.51. The number of aryl methyl sites for hydroxylation is 1. The smallest absolute Gasteiger partial charge is 0.261 e. The van der Waals surface area contributed by atoms with Crippen molar-refractivity contribution in [1.82, 2.24) is 10.2 Å². The molecule has 2 aromatic carbocycles. The standard InChI is InChI=1S/C22H27N3O5S/c1-16-5-11-19(12-6-16)31(28,29)24-18-9-7-17(8-10-18)22(27)25-14-3-4-20(25)21(26)23-13-15-30-2/h5-12,20,24H,3-4,13-15H2,1-2H3,(H,23,26)/t20-/m0/s1. The van der Waals surface area contributed by atoms with E-state index in [0.717, 1.165) is 12.0 Å². The lowest BCUT2D eigenvalue weighted by Gasteiger charge is -2.24. The van der Waals surface area contributed by atoms with Crippen molar-refractivity contribution in [2.24, 2.45) is 0 Å². The van der Waals surface area contributed by atoms with Crippen LogP contribution in [0.1, 0.15) is 28.8 Å². The highest BCUT2D eigenvalue weighted by Crippen LogP contribution is 2.22. The summed E-state index contributed by atoms with van der Waals surface area (Å²) in [5.74, 6) is -0.442. The first-order valence-corrected chi connectivity index (χ1v) is 11.6. The van der Waals surface area contributed by atoms with Crippen molar-refractivity contribution in [2.75, 3.05) is 31.5 Å². The van der Waals surface area contributed by atoms with Crippen molar-refractivity contribution in [3.05, 3.63) is 59.7 Å². The van der Waals surface area contributed by atoms with Crippen LogP contribution < -0.4 is 10.0 Å². The molecule has 1 saturated heterocycles. The zero-order chi connectivity index (χ0) is 22.4. The molecule has 166 valence electrons. The number of methoxy groups -OCH3 is 1. The van der Waals surface area contributed by atoms with E-state index in [4.69, 9.17) is 4.74 Å². The van der Waals surface area contributed by atoms with E-state index in [2.05, 4.69) is 10.0 Å². The first-order valence-electron chi connectivity index (χ1n) is 10.1. The molecule has 0 saturated carbocycles. The molecule has 2 amide bonds. The Bertz CT molecular complexity index is 1020. The van der Waals surface area contributed by atoms with Gasteiger partial charge in [-0.15, -0.1) is 0 Å². The predicted molar refractivity (Wildman–Crippen MR) is 117 cm³/mol. The highest BCUT2D eigenvalue weighted by atomic mass is 32.2. The fraction of sp³-hybridized carbons (Fsp3) is 0.364. The third-order valence-electron chi connectivity index (χ3n) is 5.14. The second kappa shape index (κ2) is 9.93. The van der Waals surface area contributed by atoms with E-state index in [0.29, 0.717) is 37.4 Å². The van der Waals surface area contributed by atoms with E-state index in [1.165, 1.54) is 0 Å². The molecule has 8 nitrogen and oxygen atoms in total. The van der Waals surface area contributed by atoms with E-state index in [1.54, 1.807) is 60.5 Å². The Kier molecular flexibility index (Phi) is 7.29. The first kappa shape index (κ1) is 22.8. The summed E-state index contributed by atoms with van der Waals surface area (Å²) in [5, 5.41) is 2.78. The van der Waals surface area contributed by atoms with Gasteiger partial charge in [0.25, 0.3) is 15.9 Å². The number of nitrogens with zero attached hydrogens (tertiary/aromatic N) is 1. The largest absolute Gasteiger partial charge is 0.383 e. The van der Waals surface area contributed by atoms with Crippen molar-refractivity contribution >= 4 is 27.5 Å². The third kappa shape index (κ3) is 5.62. The van der Waals surface area contributed by atoms with Crippen molar-refractivity contribution in [3.63, 3.8) is 0 Å². The number of hydrogen-bond acceptors (Lipinski definition) is 5. The van der Waals surface area contributed by atoms with Crippen LogP contribution in [-0.2, 0) is 19.6 Å². The Hall–Kier alpha value is -2.91. The molecule has 0 spiro atoms. The van der Waals surface area contributed by atoms with Gasteiger partial charge >= 0.3 is 0 Å². The number of nitrogens with one attached hydrogen (secondary N) is 2. The molecule has 31 heavy (non-hydrogen) atoms. The Labute approximate surface area is 182 Å². The van der Waals surface area contributed by atoms with Crippen LogP contribution in [0.2, 0.25) is 0 Å². The average molecular weight is 446 g/mol. The molecule has 0 unspecified atom stereocenters. The van der Waals surface area contributed by atoms with Crippen LogP contribution in [0.4, 0.5) is 5.69 Å². The minimum atomic E-state index is -3.72. The number of likely N-dealkylation sites (tertiary alicyclic amines) is 1. The molecule has 1 fully saturated rings. The fourth-order valence-electron chi connectivity index (χ4n) is 3.45. The number of amides is 2. The summed E-state index contributed by atoms with van der Waals surface area (Å²) < 4.78 is 32.5. The van der Waals surface area contributed by atoms with Crippen LogP contribution in [0.25, 0.3) is 0 Å². The average Bonchev–Trinajstić information content (AvgIpc) is 3.24. The second-order valence-corrected chi connectivity index (χ2v) is 9.12. The first-order chi connectivity index (χ1) is 14.8. The quantitative estimate of drug-likeness (QED) is 0.606. The molecule has 9 heteroatoms. The van der Waals surface area contributed by atoms with E-state index < -0.39 is 16.1 Å². The zero-order valence-electron chi connectivity index (χ0n) is 17.6. The van der Waals surface area contributed by atoms with Crippen molar-refractivity contribution in [2.45, 2.75) is 30.7 Å². The van der Waals surface area contributed by atoms with Gasteiger partial charge in [0.05, 0.1) is 11.5 Å². The summed E-state index contributed by atoms with van der Waals surface area (Å²) in [6.45, 7) is 3.19. The van der Waals surface area contributed by atoms with Crippen LogP contribution in [0.3, 0.4) is 0 Å². The lowest BCUT2D eigenvalue weighted by Crippen LogP contribution is -2.46. The van der Waals surface area contributed by atoms with Gasteiger partial charge in [-0.25, -0.2) is 8.42 Å². The van der Waals surface area contributed by atoms with Crippen molar-refractivity contribution in [1.29, 1.82) is 0 Å². The highest BCUT2D eigenvalue weighted by molar-refractivity contribution is 7.92. The minimum absolute atomic E-state index is 0.164. The summed E-state index contributed by atoms with van der Waals surface area (Å²) >= 11 is 0. The zero-order valence-corrected chi connectivity index (χ0v) is 18.4. The minimum Gasteiger partial charge on any atom is -0.383 e. The summed E-state index contributed by atoms with van der Waals surface area (Å²) in [5.41, 5.74) is 1.72. The van der Waals surface area contributed by atoms with E-state index >= 15 is 0 Å². The van der Waals surface area contributed by atoms with Crippen LogP contribution in [0.5, 0.6) is 0 Å². The third-order valence-corrected chi connectivity index (χ3v) is 6.53. The maximum atomic E-state index is 12.9. The van der Waals surface area contributed by atoms with Gasteiger partial charge < -0.3 is 15.0 Å². The molecule has 1 atom stereocenters. The number of sulfonamides is 1. The molecular formula is C22H27N3O5S. The summed E-state index contributed by atoms with van der Waals surface area (Å²) in [7, 11) is -2.16. The van der Waals surface area contributed by atoms with E-state index in [9.17, 15) is 18.0 Å². The topological polar surface area (TPSA) is 105 Å². The number of hydrogen-bond donors (Lipinski definition) is 2. The molecule has 1 aliphatic heterocycles. The summed E-state index contributed by atoms with van der Waals surface area (Å²) in [6, 6.07) is 12.3. The number of rotatable bonds is 8. The number of carbonyl (C=O) groups excluding carboxylic acids is 2. The Morgan fingerprint density at radius 2 is 1.77 bits per heavy atom. The Morgan fingerprint density at radius 3 is 2.42 bits per heavy atom. The van der Waals surface area contributed by atoms with Crippen LogP contribution in [0.15, 0.2) is 53.4 Å². The number of ether oxygens (including phenoxy) is 1. The molecule has 0 radical (unpaired) electrons. The molecule has 2 aromatic rings. The SMILES string of the molecule is COCCNC(=O)[C@@H]1CCCN1C(=O)c1ccc(NS(=O)(=O)c2ccc(C)cc2)cc1. The summed E-state index contributed by atoms with van der Waals surface area (Å²) in [6.07, 6.45) is 1.36. The molecule has 1 heterocycles. The van der Waals surface area contributed by atoms with Crippen molar-refractivity contribution in [3.8, 4) is 0 Å². The molecule has 3 rings (SSSR count). The van der Waals surface area contributed by atoms with Gasteiger partial charge in [0.1, 0.15) is 6.04 Å². The van der Waals surface area contributed by atoms with Crippen LogP contribution in [0, 0.1) is 6.92 Å². The lowest BCUT2D eigenvalue weighted by atomic mass is 10.1. The molecule has 1 aliphatic rings. The second-order valence-electron chi connectivity index (χ2n) is 7.44. The van der Waals surface area contributed by atoms with Gasteiger partial charge in [0, 0.05) is 31.5 Å². The number of carbonyl (C=O) groups is 2. The molecule has 0 bridgehead atoms. The summed E-state index contributed by atoms with van der Waals surface area (Å²) in [4.78, 5) is 27.0. The van der Waals surface area contributed by atoms with Crippen molar-refractivity contribution < 1.29 is 22.7 Å². The van der Waals surface area contributed by atoms with E-state index in [1.807, 2.05) is 6.92 Å². The normalized spacial score (nSPS) is 16.2. The van der Waals surface area contributed by atoms with Gasteiger partial charge in [-0.3, -0.25) is 14.3 Å². The molecule has 2 N–H and O–H groups in total. The van der Waals surface area contributed by atoms with Gasteiger partial charge in [0.15, 0.2) is 0 Å². The van der Waals surface area contributed by atoms with Gasteiger partial charge in [-0.1, -0.05) is 17.7 Å². The maximum Gasteiger partial charge on any atom is 0.261 e. The lowest BCUT2D eigenvalue weighted by molar-refractivity contribution is -0.125. The van der Waals surface area contributed by atoms with Crippen LogP contribution >= 0.6 is 0 Å². The predicted octanol–water partition coefficient (Wildman–Crippen LogP) is 2.16. The molecule has 0 aliphatic carbocycles. The Morgan fingerprint density at radius 1 is 1.10 bits per heavy atom. The van der Waals surface area contributed by atoms with Gasteiger partial charge in [0.2, 0.25) is 5.91 Å². The van der Waals surface area contributed by atoms with Gasteiger partial charge in [-0.05, 0) is 56.2 Å². The van der Waals surface area contributed by atoms with Crippen LogP contribution in [-0.4, -0.2) is 58.0 Å². The monoisotopic (exact) mass is 445 g/mol. The highest BCUT2D eigenvalue weighted by Gasteiger charge is 2.34. The molecular weight excluding hydrogens is 418 g/mol. The Balaban J connectivity index is 1.67. The van der Waals surface area contributed by atoms with Gasteiger partial charge in [-0.2, -0.15) is 0 Å².